The SMILES string of the molecule is COc1ccc(OCCO/N=C\c2cccc([N+](=O)[O-])c2)cc1. The van der Waals surface area contributed by atoms with Crippen molar-refractivity contribution in [3.05, 3.63) is 64.2 Å². The number of nitro groups is 1. The van der Waals surface area contributed by atoms with Crippen molar-refractivity contribution in [3.63, 3.8) is 0 Å². The van der Waals surface area contributed by atoms with Crippen molar-refractivity contribution >= 4 is 11.9 Å². The Morgan fingerprint density at radius 1 is 1.13 bits per heavy atom. The maximum Gasteiger partial charge on any atom is 0.270 e. The Bertz CT molecular complexity index is 670. The van der Waals surface area contributed by atoms with Crippen molar-refractivity contribution in [2.45, 2.75) is 0 Å². The van der Waals surface area contributed by atoms with Crippen LogP contribution in [0.25, 0.3) is 0 Å². The molecule has 0 aliphatic rings. The zero-order valence-electron chi connectivity index (χ0n) is 12.5. The van der Waals surface area contributed by atoms with Crippen molar-refractivity contribution in [2.24, 2.45) is 5.16 Å². The highest BCUT2D eigenvalue weighted by molar-refractivity contribution is 5.80. The normalized spacial score (nSPS) is 10.5. The van der Waals surface area contributed by atoms with Crippen molar-refractivity contribution in [1.82, 2.24) is 0 Å². The number of non-ortho nitro benzene ring substituents is 1. The Morgan fingerprint density at radius 3 is 2.57 bits per heavy atom. The molecule has 2 aromatic carbocycles. The van der Waals surface area contributed by atoms with E-state index in [0.717, 1.165) is 5.75 Å². The first kappa shape index (κ1) is 16.3. The first-order valence-corrected chi connectivity index (χ1v) is 6.85. The lowest BCUT2D eigenvalue weighted by atomic mass is 10.2. The minimum atomic E-state index is -0.457. The van der Waals surface area contributed by atoms with Gasteiger partial charge in [-0.05, 0) is 24.3 Å². The molecule has 0 aliphatic heterocycles. The molecular formula is C16H16N2O5. The number of methoxy groups -OCH3 is 1. The first-order valence-electron chi connectivity index (χ1n) is 6.85. The standard InChI is InChI=1S/C16H16N2O5/c1-21-15-5-7-16(8-6-15)22-9-10-23-17-12-13-3-2-4-14(11-13)18(19)20/h2-8,11-12H,9-10H2,1H3/b17-12-. The van der Waals surface area contributed by atoms with E-state index in [1.54, 1.807) is 43.5 Å². The van der Waals surface area contributed by atoms with Crippen LogP contribution in [0, 0.1) is 10.1 Å². The zero-order valence-corrected chi connectivity index (χ0v) is 12.5. The lowest BCUT2D eigenvalue weighted by molar-refractivity contribution is -0.384. The fraction of sp³-hybridized carbons (Fsp3) is 0.188. The van der Waals surface area contributed by atoms with Crippen LogP contribution in [0.5, 0.6) is 11.5 Å². The zero-order chi connectivity index (χ0) is 16.5. The van der Waals surface area contributed by atoms with Crippen LogP contribution in [0.4, 0.5) is 5.69 Å². The van der Waals surface area contributed by atoms with Crippen molar-refractivity contribution in [2.75, 3.05) is 20.3 Å². The van der Waals surface area contributed by atoms with E-state index in [1.165, 1.54) is 18.3 Å². The third-order valence-electron chi connectivity index (χ3n) is 2.86. The van der Waals surface area contributed by atoms with Crippen LogP contribution >= 0.6 is 0 Å². The maximum atomic E-state index is 10.6. The molecular weight excluding hydrogens is 300 g/mol. The second kappa shape index (κ2) is 8.38. The van der Waals surface area contributed by atoms with Gasteiger partial charge >= 0.3 is 0 Å². The van der Waals surface area contributed by atoms with Crippen LogP contribution in [0.1, 0.15) is 5.56 Å². The second-order valence-electron chi connectivity index (χ2n) is 4.44. The lowest BCUT2D eigenvalue weighted by Crippen LogP contribution is -2.04. The lowest BCUT2D eigenvalue weighted by Gasteiger charge is -2.06. The quantitative estimate of drug-likeness (QED) is 0.323. The van der Waals surface area contributed by atoms with Crippen molar-refractivity contribution in [3.8, 4) is 11.5 Å². The number of hydrogen-bond donors (Lipinski definition) is 0. The molecule has 0 aromatic heterocycles. The summed E-state index contributed by atoms with van der Waals surface area (Å²) in [5, 5.41) is 14.4. The predicted octanol–water partition coefficient (Wildman–Crippen LogP) is 3.03. The largest absolute Gasteiger partial charge is 0.497 e. The summed E-state index contributed by atoms with van der Waals surface area (Å²) in [5.41, 5.74) is 0.604. The number of hydrogen-bond acceptors (Lipinski definition) is 6. The number of benzene rings is 2. The molecule has 0 unspecified atom stereocenters. The number of oxime groups is 1. The fourth-order valence-corrected chi connectivity index (χ4v) is 1.74. The van der Waals surface area contributed by atoms with E-state index in [1.807, 2.05) is 0 Å². The number of ether oxygens (including phenoxy) is 2. The molecule has 0 fully saturated rings. The Morgan fingerprint density at radius 2 is 1.87 bits per heavy atom. The third kappa shape index (κ3) is 5.31. The van der Waals surface area contributed by atoms with Gasteiger partial charge in [0, 0.05) is 17.7 Å². The summed E-state index contributed by atoms with van der Waals surface area (Å²) >= 11 is 0. The molecule has 0 spiro atoms. The van der Waals surface area contributed by atoms with Gasteiger partial charge in [-0.3, -0.25) is 10.1 Å². The summed E-state index contributed by atoms with van der Waals surface area (Å²) in [5.74, 6) is 1.47. The summed E-state index contributed by atoms with van der Waals surface area (Å²) < 4.78 is 10.5. The van der Waals surface area contributed by atoms with Gasteiger partial charge < -0.3 is 14.3 Å². The van der Waals surface area contributed by atoms with Crippen LogP contribution in [-0.2, 0) is 4.84 Å². The summed E-state index contributed by atoms with van der Waals surface area (Å²) in [6.45, 7) is 0.593. The van der Waals surface area contributed by atoms with E-state index in [-0.39, 0.29) is 12.3 Å². The first-order chi connectivity index (χ1) is 11.2. The highest BCUT2D eigenvalue weighted by Crippen LogP contribution is 2.16. The molecule has 0 heterocycles. The molecule has 0 amide bonds. The molecule has 0 aliphatic carbocycles. The van der Waals surface area contributed by atoms with Crippen molar-refractivity contribution in [1.29, 1.82) is 0 Å². The molecule has 2 rings (SSSR count). The molecule has 7 nitrogen and oxygen atoms in total. The Labute approximate surface area is 133 Å². The van der Waals surface area contributed by atoms with Crippen LogP contribution in [0.15, 0.2) is 53.7 Å². The molecule has 120 valence electrons. The van der Waals surface area contributed by atoms with Gasteiger partial charge in [-0.2, -0.15) is 0 Å². The smallest absolute Gasteiger partial charge is 0.270 e. The maximum absolute atomic E-state index is 10.6. The molecule has 23 heavy (non-hydrogen) atoms. The molecule has 0 atom stereocenters. The summed E-state index contributed by atoms with van der Waals surface area (Å²) in [6, 6.07) is 13.3. The molecule has 0 N–H and O–H groups in total. The van der Waals surface area contributed by atoms with E-state index in [9.17, 15) is 10.1 Å². The van der Waals surface area contributed by atoms with E-state index in [0.29, 0.717) is 17.9 Å². The highest BCUT2D eigenvalue weighted by Gasteiger charge is 2.03. The molecule has 2 aromatic rings. The average molecular weight is 316 g/mol. The van der Waals surface area contributed by atoms with Gasteiger partial charge in [-0.25, -0.2) is 0 Å². The predicted molar refractivity (Wildman–Crippen MR) is 85.1 cm³/mol. The van der Waals surface area contributed by atoms with Gasteiger partial charge in [0.05, 0.1) is 18.2 Å². The van der Waals surface area contributed by atoms with Crippen LogP contribution in [0.3, 0.4) is 0 Å². The molecule has 7 heteroatoms. The Balaban J connectivity index is 1.72. The fourth-order valence-electron chi connectivity index (χ4n) is 1.74. The van der Waals surface area contributed by atoms with Gasteiger partial charge in [0.15, 0.2) is 6.61 Å². The number of nitrogens with zero attached hydrogens (tertiary/aromatic N) is 2. The molecule has 0 radical (unpaired) electrons. The summed E-state index contributed by atoms with van der Waals surface area (Å²) in [7, 11) is 1.60. The van der Waals surface area contributed by atoms with Crippen LogP contribution in [0.2, 0.25) is 0 Å². The van der Waals surface area contributed by atoms with Gasteiger partial charge in [0.1, 0.15) is 18.1 Å². The Kier molecular flexibility index (Phi) is 5.93. The number of rotatable bonds is 8. The average Bonchev–Trinajstić information content (AvgIpc) is 2.58. The molecule has 0 bridgehead atoms. The van der Waals surface area contributed by atoms with E-state index in [2.05, 4.69) is 5.16 Å². The monoisotopic (exact) mass is 316 g/mol. The van der Waals surface area contributed by atoms with Gasteiger partial charge in [-0.15, -0.1) is 0 Å². The third-order valence-corrected chi connectivity index (χ3v) is 2.86. The van der Waals surface area contributed by atoms with Gasteiger partial charge in [0.25, 0.3) is 5.69 Å². The minimum absolute atomic E-state index is 0.0109. The Hall–Kier alpha value is -3.09. The topological polar surface area (TPSA) is 83.2 Å². The van der Waals surface area contributed by atoms with E-state index >= 15 is 0 Å². The van der Waals surface area contributed by atoms with Gasteiger partial charge in [-0.1, -0.05) is 17.3 Å². The minimum Gasteiger partial charge on any atom is -0.497 e. The second-order valence-corrected chi connectivity index (χ2v) is 4.44. The van der Waals surface area contributed by atoms with E-state index < -0.39 is 4.92 Å². The highest BCUT2D eigenvalue weighted by atomic mass is 16.6. The summed E-state index contributed by atoms with van der Waals surface area (Å²) in [4.78, 5) is 15.2. The number of nitro benzene ring substituents is 1. The van der Waals surface area contributed by atoms with Crippen LogP contribution < -0.4 is 9.47 Å². The summed E-state index contributed by atoms with van der Waals surface area (Å²) in [6.07, 6.45) is 1.42. The molecule has 0 saturated carbocycles. The van der Waals surface area contributed by atoms with Gasteiger partial charge in [0.2, 0.25) is 0 Å². The van der Waals surface area contributed by atoms with Crippen LogP contribution in [-0.4, -0.2) is 31.5 Å². The molecule has 0 saturated heterocycles. The van der Waals surface area contributed by atoms with E-state index in [4.69, 9.17) is 14.3 Å². The van der Waals surface area contributed by atoms with Crippen molar-refractivity contribution < 1.29 is 19.2 Å².